The normalized spacial score (nSPS) is 13.6. The summed E-state index contributed by atoms with van der Waals surface area (Å²) < 4.78 is 45.3. The summed E-state index contributed by atoms with van der Waals surface area (Å²) >= 11 is 0. The molecule has 0 saturated carbocycles. The Morgan fingerprint density at radius 3 is 2.93 bits per heavy atom. The van der Waals surface area contributed by atoms with Crippen molar-refractivity contribution in [3.63, 3.8) is 0 Å². The van der Waals surface area contributed by atoms with Crippen LogP contribution >= 0.6 is 0 Å². The van der Waals surface area contributed by atoms with Gasteiger partial charge in [0, 0.05) is 12.6 Å². The zero-order valence-electron chi connectivity index (χ0n) is 13.9. The molecule has 1 aliphatic heterocycles. The van der Waals surface area contributed by atoms with Crippen LogP contribution in [0.15, 0.2) is 30.6 Å². The highest BCUT2D eigenvalue weighted by Crippen LogP contribution is 2.30. The lowest BCUT2D eigenvalue weighted by atomic mass is 10.1. The van der Waals surface area contributed by atoms with Crippen molar-refractivity contribution in [1.29, 1.82) is 0 Å². The molecule has 0 aliphatic carbocycles. The number of halogens is 3. The van der Waals surface area contributed by atoms with E-state index in [2.05, 4.69) is 25.7 Å². The van der Waals surface area contributed by atoms with E-state index in [0.717, 1.165) is 6.33 Å². The first kappa shape index (κ1) is 17.7. The summed E-state index contributed by atoms with van der Waals surface area (Å²) in [5, 5.41) is 8.59. The second-order valence-electron chi connectivity index (χ2n) is 5.85. The highest BCUT2D eigenvalue weighted by Gasteiger charge is 2.35. The maximum atomic E-state index is 13.2. The van der Waals surface area contributed by atoms with E-state index in [0.29, 0.717) is 27.6 Å². The van der Waals surface area contributed by atoms with Gasteiger partial charge in [-0.15, -0.1) is 0 Å². The first-order valence-electron chi connectivity index (χ1n) is 7.93. The lowest BCUT2D eigenvalue weighted by Gasteiger charge is -2.18. The van der Waals surface area contributed by atoms with Crippen molar-refractivity contribution in [3.8, 4) is 5.75 Å². The number of aromatic nitrogens is 4. The maximum Gasteiger partial charge on any atom is 0.433 e. The number of nitrogens with zero attached hydrogens (tertiary/aromatic N) is 4. The first-order valence-corrected chi connectivity index (χ1v) is 7.93. The summed E-state index contributed by atoms with van der Waals surface area (Å²) in [6, 6.07) is 5.49. The predicted octanol–water partition coefficient (Wildman–Crippen LogP) is 1.40. The van der Waals surface area contributed by atoms with E-state index in [1.54, 1.807) is 18.2 Å². The number of benzene rings is 1. The van der Waals surface area contributed by atoms with E-state index in [-0.39, 0.29) is 24.8 Å². The van der Waals surface area contributed by atoms with Crippen LogP contribution in [0.4, 0.5) is 18.9 Å². The summed E-state index contributed by atoms with van der Waals surface area (Å²) in [5.74, 6) is -0.967. The van der Waals surface area contributed by atoms with Gasteiger partial charge >= 0.3 is 6.18 Å². The summed E-state index contributed by atoms with van der Waals surface area (Å²) in [5.41, 5.74) is -0.543. The average Bonchev–Trinajstić information content (AvgIpc) is 3.12. The molecule has 3 aromatic rings. The number of hydrogen-bond acceptors (Lipinski definition) is 6. The molecule has 1 aromatic carbocycles. The number of ether oxygens (including phenoxy) is 1. The molecule has 2 amide bonds. The average molecular weight is 392 g/mol. The number of rotatable bonds is 3. The molecular formula is C16H11F3N6O3. The molecule has 2 aromatic heterocycles. The van der Waals surface area contributed by atoms with Crippen molar-refractivity contribution < 1.29 is 27.5 Å². The minimum atomic E-state index is -4.74. The van der Waals surface area contributed by atoms with Gasteiger partial charge in [-0.05, 0) is 17.7 Å². The summed E-state index contributed by atoms with van der Waals surface area (Å²) in [6.45, 7) is -0.0791. The fourth-order valence-electron chi connectivity index (χ4n) is 2.64. The van der Waals surface area contributed by atoms with Gasteiger partial charge in [0.15, 0.2) is 12.3 Å². The van der Waals surface area contributed by atoms with Crippen molar-refractivity contribution in [1.82, 2.24) is 24.9 Å². The fourth-order valence-corrected chi connectivity index (χ4v) is 2.64. The van der Waals surface area contributed by atoms with Crippen LogP contribution in [0.3, 0.4) is 0 Å². The maximum absolute atomic E-state index is 13.2. The van der Waals surface area contributed by atoms with Crippen LogP contribution in [-0.4, -0.2) is 38.0 Å². The van der Waals surface area contributed by atoms with Crippen molar-refractivity contribution in [3.05, 3.63) is 47.5 Å². The molecule has 1 aliphatic rings. The number of fused-ring (bicyclic) bond motifs is 2. The fraction of sp³-hybridized carbons (Fsp3) is 0.188. The van der Waals surface area contributed by atoms with Gasteiger partial charge in [0.05, 0.1) is 5.69 Å². The van der Waals surface area contributed by atoms with Crippen LogP contribution in [0.2, 0.25) is 0 Å². The summed E-state index contributed by atoms with van der Waals surface area (Å²) in [4.78, 5) is 31.1. The Hall–Kier alpha value is -3.70. The van der Waals surface area contributed by atoms with Crippen LogP contribution in [-0.2, 0) is 17.5 Å². The zero-order chi connectivity index (χ0) is 19.9. The number of carbonyl (C=O) groups is 2. The standard InChI is InChI=1S/C16H11F3N6O3/c17-16(18,19)12-4-10(24-15-21-7-22-25(12)15)14(27)20-5-8-1-2-11-9(3-8)23-13(26)6-28-11/h1-4,7H,5-6H2,(H,20,27)(H,23,26). The summed E-state index contributed by atoms with van der Waals surface area (Å²) in [6.07, 6.45) is -3.82. The molecule has 0 radical (unpaired) electrons. The van der Waals surface area contributed by atoms with Crippen LogP contribution in [0.25, 0.3) is 5.78 Å². The van der Waals surface area contributed by atoms with E-state index in [9.17, 15) is 22.8 Å². The van der Waals surface area contributed by atoms with Gasteiger partial charge in [-0.3, -0.25) is 9.59 Å². The second kappa shape index (κ2) is 6.48. The lowest BCUT2D eigenvalue weighted by Crippen LogP contribution is -2.27. The molecule has 0 atom stereocenters. The van der Waals surface area contributed by atoms with Gasteiger partial charge < -0.3 is 15.4 Å². The Morgan fingerprint density at radius 2 is 2.14 bits per heavy atom. The molecule has 0 saturated heterocycles. The van der Waals surface area contributed by atoms with Crippen LogP contribution < -0.4 is 15.4 Å². The minimum Gasteiger partial charge on any atom is -0.482 e. The highest BCUT2D eigenvalue weighted by atomic mass is 19.4. The highest BCUT2D eigenvalue weighted by molar-refractivity contribution is 5.95. The van der Waals surface area contributed by atoms with Crippen molar-refractivity contribution >= 4 is 23.3 Å². The number of hydrogen-bond donors (Lipinski definition) is 2. The molecule has 0 unspecified atom stereocenters. The van der Waals surface area contributed by atoms with E-state index < -0.39 is 23.5 Å². The third-order valence-electron chi connectivity index (χ3n) is 3.90. The van der Waals surface area contributed by atoms with Crippen LogP contribution in [0.1, 0.15) is 21.7 Å². The van der Waals surface area contributed by atoms with E-state index in [1.165, 1.54) is 0 Å². The lowest BCUT2D eigenvalue weighted by molar-refractivity contribution is -0.142. The van der Waals surface area contributed by atoms with Crippen molar-refractivity contribution in [2.45, 2.75) is 12.7 Å². The molecule has 4 rings (SSSR count). The molecule has 2 N–H and O–H groups in total. The van der Waals surface area contributed by atoms with Gasteiger partial charge in [0.2, 0.25) is 0 Å². The number of anilines is 1. The van der Waals surface area contributed by atoms with Gasteiger partial charge in [-0.1, -0.05) is 6.07 Å². The predicted molar refractivity (Wildman–Crippen MR) is 87.5 cm³/mol. The SMILES string of the molecule is O=C1COc2ccc(CNC(=O)c3cc(C(F)(F)F)n4ncnc4n3)cc2N1. The third-order valence-corrected chi connectivity index (χ3v) is 3.90. The smallest absolute Gasteiger partial charge is 0.433 e. The largest absolute Gasteiger partial charge is 0.482 e. The van der Waals surface area contributed by atoms with Gasteiger partial charge in [0.1, 0.15) is 17.8 Å². The number of alkyl halides is 3. The Balaban J connectivity index is 1.55. The molecule has 0 bridgehead atoms. The third kappa shape index (κ3) is 3.31. The van der Waals surface area contributed by atoms with E-state index in [4.69, 9.17) is 4.74 Å². The Labute approximate surface area is 154 Å². The van der Waals surface area contributed by atoms with Crippen molar-refractivity contribution in [2.24, 2.45) is 0 Å². The topological polar surface area (TPSA) is 111 Å². The number of nitrogens with one attached hydrogen (secondary N) is 2. The molecule has 28 heavy (non-hydrogen) atoms. The molecule has 12 heteroatoms. The molecule has 3 heterocycles. The first-order chi connectivity index (χ1) is 13.3. The quantitative estimate of drug-likeness (QED) is 0.697. The van der Waals surface area contributed by atoms with Crippen molar-refractivity contribution in [2.75, 3.05) is 11.9 Å². The minimum absolute atomic E-state index is 0.00286. The van der Waals surface area contributed by atoms with E-state index >= 15 is 0 Å². The molecule has 0 spiro atoms. The van der Waals surface area contributed by atoms with Crippen LogP contribution in [0, 0.1) is 0 Å². The monoisotopic (exact) mass is 392 g/mol. The Kier molecular flexibility index (Phi) is 4.09. The number of carbonyl (C=O) groups excluding carboxylic acids is 2. The van der Waals surface area contributed by atoms with Gasteiger partial charge in [0.25, 0.3) is 17.6 Å². The van der Waals surface area contributed by atoms with E-state index in [1.807, 2.05) is 0 Å². The Bertz CT molecular complexity index is 1090. The Morgan fingerprint density at radius 1 is 1.32 bits per heavy atom. The molecule has 9 nitrogen and oxygen atoms in total. The zero-order valence-corrected chi connectivity index (χ0v) is 13.9. The molecule has 0 fully saturated rings. The van der Waals surface area contributed by atoms with Crippen LogP contribution in [0.5, 0.6) is 5.75 Å². The van der Waals surface area contributed by atoms with Gasteiger partial charge in [-0.25, -0.2) is 4.98 Å². The molecular weight excluding hydrogens is 381 g/mol. The number of amides is 2. The van der Waals surface area contributed by atoms with Gasteiger partial charge in [-0.2, -0.15) is 27.8 Å². The summed E-state index contributed by atoms with van der Waals surface area (Å²) in [7, 11) is 0. The molecule has 144 valence electrons. The second-order valence-corrected chi connectivity index (χ2v) is 5.85.